The van der Waals surface area contributed by atoms with E-state index in [4.69, 9.17) is 10.5 Å². The zero-order valence-corrected chi connectivity index (χ0v) is 11.1. The molecule has 0 aliphatic carbocycles. The van der Waals surface area contributed by atoms with Crippen LogP contribution in [-0.4, -0.2) is 19.3 Å². The number of rotatable bonds is 7. The van der Waals surface area contributed by atoms with Gasteiger partial charge in [-0.25, -0.2) is 0 Å². The van der Waals surface area contributed by atoms with Crippen molar-refractivity contribution in [1.29, 1.82) is 0 Å². The number of hydrogen-bond acceptors (Lipinski definition) is 3. The van der Waals surface area contributed by atoms with Gasteiger partial charge in [0.1, 0.15) is 0 Å². The Morgan fingerprint density at radius 3 is 2.59 bits per heavy atom. The van der Waals surface area contributed by atoms with Gasteiger partial charge in [-0.05, 0) is 24.5 Å². The largest absolute Gasteiger partial charge is 0.398 e. The van der Waals surface area contributed by atoms with E-state index in [1.54, 1.807) is 0 Å². The van der Waals surface area contributed by atoms with Crippen LogP contribution in [0.15, 0.2) is 24.3 Å². The summed E-state index contributed by atoms with van der Waals surface area (Å²) < 4.78 is 5.48. The molecule has 0 saturated carbocycles. The second-order valence-corrected chi connectivity index (χ2v) is 4.59. The molecule has 0 radical (unpaired) electrons. The molecule has 0 spiro atoms. The lowest BCUT2D eigenvalue weighted by Gasteiger charge is -2.22. The third-order valence-corrected chi connectivity index (χ3v) is 2.92. The van der Waals surface area contributed by atoms with E-state index in [1.165, 1.54) is 0 Å². The summed E-state index contributed by atoms with van der Waals surface area (Å²) in [4.78, 5) is 0. The molecule has 1 aromatic rings. The molecule has 0 fully saturated rings. The molecule has 1 aromatic carbocycles. The Morgan fingerprint density at radius 2 is 2.00 bits per heavy atom. The van der Waals surface area contributed by atoms with E-state index in [0.717, 1.165) is 31.0 Å². The summed E-state index contributed by atoms with van der Waals surface area (Å²) in [5.41, 5.74) is 7.91. The monoisotopic (exact) mass is 236 g/mol. The van der Waals surface area contributed by atoms with E-state index in [-0.39, 0.29) is 0 Å². The number of nitrogens with one attached hydrogen (secondary N) is 1. The van der Waals surface area contributed by atoms with Gasteiger partial charge in [-0.15, -0.1) is 0 Å². The van der Waals surface area contributed by atoms with Gasteiger partial charge in [0.15, 0.2) is 0 Å². The minimum Gasteiger partial charge on any atom is -0.398 e. The highest BCUT2D eigenvalue weighted by Crippen LogP contribution is 2.11. The van der Waals surface area contributed by atoms with Crippen molar-refractivity contribution >= 4 is 5.69 Å². The Hall–Kier alpha value is -1.06. The molecule has 0 aliphatic rings. The van der Waals surface area contributed by atoms with Crippen molar-refractivity contribution in [3.05, 3.63) is 29.8 Å². The number of anilines is 1. The van der Waals surface area contributed by atoms with Crippen molar-refractivity contribution in [1.82, 2.24) is 5.32 Å². The molecule has 0 heterocycles. The highest BCUT2D eigenvalue weighted by atomic mass is 16.5. The van der Waals surface area contributed by atoms with Gasteiger partial charge < -0.3 is 15.8 Å². The number of ether oxygens (including phenoxy) is 1. The predicted molar refractivity (Wildman–Crippen MR) is 72.8 cm³/mol. The molecule has 3 N–H and O–H groups in total. The molecule has 96 valence electrons. The molecule has 1 atom stereocenters. The van der Waals surface area contributed by atoms with E-state index in [2.05, 4.69) is 25.2 Å². The second-order valence-electron chi connectivity index (χ2n) is 4.59. The standard InChI is InChI=1S/C14H24N2O/c1-4-17-10-14(11(2)3)16-9-12-7-5-6-8-13(12)15/h5-8,11,14,16H,4,9-10,15H2,1-3H3. The lowest BCUT2D eigenvalue weighted by atomic mass is 10.0. The van der Waals surface area contributed by atoms with E-state index >= 15 is 0 Å². The van der Waals surface area contributed by atoms with Gasteiger partial charge in [0.2, 0.25) is 0 Å². The summed E-state index contributed by atoms with van der Waals surface area (Å²) in [5, 5.41) is 3.51. The first-order valence-corrected chi connectivity index (χ1v) is 6.29. The van der Waals surface area contributed by atoms with Gasteiger partial charge in [-0.3, -0.25) is 0 Å². The van der Waals surface area contributed by atoms with E-state index in [0.29, 0.717) is 12.0 Å². The smallest absolute Gasteiger partial charge is 0.0622 e. The molecular weight excluding hydrogens is 212 g/mol. The lowest BCUT2D eigenvalue weighted by molar-refractivity contribution is 0.108. The third kappa shape index (κ3) is 4.75. The Kier molecular flexibility index (Phi) is 6.01. The van der Waals surface area contributed by atoms with E-state index in [9.17, 15) is 0 Å². The van der Waals surface area contributed by atoms with Gasteiger partial charge in [-0.1, -0.05) is 32.0 Å². The SMILES string of the molecule is CCOCC(NCc1ccccc1N)C(C)C. The molecule has 17 heavy (non-hydrogen) atoms. The van der Waals surface area contributed by atoms with Crippen LogP contribution in [0.5, 0.6) is 0 Å². The Balaban J connectivity index is 2.49. The average molecular weight is 236 g/mol. The number of benzene rings is 1. The molecular formula is C14H24N2O. The third-order valence-electron chi connectivity index (χ3n) is 2.92. The van der Waals surface area contributed by atoms with Crippen molar-refractivity contribution in [2.75, 3.05) is 18.9 Å². The summed E-state index contributed by atoms with van der Waals surface area (Å²) in [7, 11) is 0. The summed E-state index contributed by atoms with van der Waals surface area (Å²) in [6.45, 7) is 8.73. The van der Waals surface area contributed by atoms with Crippen molar-refractivity contribution in [2.24, 2.45) is 5.92 Å². The average Bonchev–Trinajstić information content (AvgIpc) is 2.31. The normalized spacial score (nSPS) is 12.9. The maximum atomic E-state index is 5.91. The zero-order chi connectivity index (χ0) is 12.7. The maximum Gasteiger partial charge on any atom is 0.0622 e. The number of hydrogen-bond donors (Lipinski definition) is 2. The van der Waals surface area contributed by atoms with Crippen molar-refractivity contribution in [2.45, 2.75) is 33.4 Å². The molecule has 3 heteroatoms. The highest BCUT2D eigenvalue weighted by Gasteiger charge is 2.12. The molecule has 0 aliphatic heterocycles. The summed E-state index contributed by atoms with van der Waals surface area (Å²) in [6, 6.07) is 8.33. The maximum absolute atomic E-state index is 5.91. The minimum atomic E-state index is 0.370. The summed E-state index contributed by atoms with van der Waals surface area (Å²) >= 11 is 0. The molecule has 3 nitrogen and oxygen atoms in total. The Bertz CT molecular complexity index is 326. The molecule has 0 bridgehead atoms. The minimum absolute atomic E-state index is 0.370. The van der Waals surface area contributed by atoms with E-state index in [1.807, 2.05) is 25.1 Å². The van der Waals surface area contributed by atoms with Crippen LogP contribution >= 0.6 is 0 Å². The predicted octanol–water partition coefficient (Wildman–Crippen LogP) is 2.42. The van der Waals surface area contributed by atoms with Crippen LogP contribution in [0.4, 0.5) is 5.69 Å². The molecule has 1 rings (SSSR count). The van der Waals surface area contributed by atoms with Crippen LogP contribution in [0.3, 0.4) is 0 Å². The summed E-state index contributed by atoms with van der Waals surface area (Å²) in [5.74, 6) is 0.548. The van der Waals surface area contributed by atoms with Gasteiger partial charge in [0.25, 0.3) is 0 Å². The van der Waals surface area contributed by atoms with Crippen molar-refractivity contribution in [3.8, 4) is 0 Å². The van der Waals surface area contributed by atoms with Gasteiger partial charge in [0, 0.05) is 24.9 Å². The van der Waals surface area contributed by atoms with Crippen LogP contribution < -0.4 is 11.1 Å². The number of para-hydroxylation sites is 1. The van der Waals surface area contributed by atoms with Crippen LogP contribution in [0.25, 0.3) is 0 Å². The Morgan fingerprint density at radius 1 is 1.29 bits per heavy atom. The topological polar surface area (TPSA) is 47.3 Å². The fraction of sp³-hybridized carbons (Fsp3) is 0.571. The number of nitrogen functional groups attached to an aromatic ring is 1. The van der Waals surface area contributed by atoms with Gasteiger partial charge >= 0.3 is 0 Å². The van der Waals surface area contributed by atoms with Gasteiger partial charge in [-0.2, -0.15) is 0 Å². The van der Waals surface area contributed by atoms with Crippen LogP contribution in [-0.2, 0) is 11.3 Å². The van der Waals surface area contributed by atoms with Crippen LogP contribution in [0.1, 0.15) is 26.3 Å². The molecule has 0 aromatic heterocycles. The quantitative estimate of drug-likeness (QED) is 0.715. The lowest BCUT2D eigenvalue weighted by Crippen LogP contribution is -2.37. The van der Waals surface area contributed by atoms with Crippen molar-refractivity contribution in [3.63, 3.8) is 0 Å². The fourth-order valence-electron chi connectivity index (χ4n) is 1.67. The van der Waals surface area contributed by atoms with Gasteiger partial charge in [0.05, 0.1) is 6.61 Å². The van der Waals surface area contributed by atoms with Crippen LogP contribution in [0, 0.1) is 5.92 Å². The second kappa shape index (κ2) is 7.30. The molecule has 0 saturated heterocycles. The van der Waals surface area contributed by atoms with Crippen LogP contribution in [0.2, 0.25) is 0 Å². The first-order valence-electron chi connectivity index (χ1n) is 6.29. The Labute approximate surface area is 104 Å². The summed E-state index contributed by atoms with van der Waals surface area (Å²) in [6.07, 6.45) is 0. The molecule has 0 amide bonds. The van der Waals surface area contributed by atoms with Crippen molar-refractivity contribution < 1.29 is 4.74 Å². The van der Waals surface area contributed by atoms with E-state index < -0.39 is 0 Å². The fourth-order valence-corrected chi connectivity index (χ4v) is 1.67. The first-order chi connectivity index (χ1) is 8.15. The molecule has 1 unspecified atom stereocenters. The first kappa shape index (κ1) is 14.0. The highest BCUT2D eigenvalue weighted by molar-refractivity contribution is 5.46. The zero-order valence-electron chi connectivity index (χ0n) is 11.1. The number of nitrogens with two attached hydrogens (primary N) is 1.